The van der Waals surface area contributed by atoms with Crippen LogP contribution in [0.3, 0.4) is 0 Å². The second-order valence-electron chi connectivity index (χ2n) is 3.97. The predicted octanol–water partition coefficient (Wildman–Crippen LogP) is 3.23. The van der Waals surface area contributed by atoms with E-state index >= 15 is 0 Å². The van der Waals surface area contributed by atoms with E-state index < -0.39 is 0 Å². The van der Waals surface area contributed by atoms with Gasteiger partial charge in [-0.05, 0) is 30.9 Å². The molecule has 4 nitrogen and oxygen atoms in total. The Hall–Kier alpha value is -1.00. The third-order valence-electron chi connectivity index (χ3n) is 2.90. The first-order valence-corrected chi connectivity index (χ1v) is 5.96. The van der Waals surface area contributed by atoms with Gasteiger partial charge in [-0.3, -0.25) is 0 Å². The standard InChI is InChI=1S/C10H10Cl2N4/c11-6-4-13-8-7(6)9(16-10(12)15-8)14-5-2-1-3-5/h4-5H,1-3H2,(H2,13,14,15,16). The number of hydrogen-bond donors (Lipinski definition) is 2. The first-order chi connectivity index (χ1) is 7.74. The molecule has 16 heavy (non-hydrogen) atoms. The van der Waals surface area contributed by atoms with Gasteiger partial charge in [0.05, 0.1) is 10.4 Å². The highest BCUT2D eigenvalue weighted by Crippen LogP contribution is 2.31. The van der Waals surface area contributed by atoms with Crippen molar-refractivity contribution in [2.75, 3.05) is 5.32 Å². The Morgan fingerprint density at radius 3 is 2.81 bits per heavy atom. The molecule has 0 aliphatic heterocycles. The Labute approximate surface area is 102 Å². The summed E-state index contributed by atoms with van der Waals surface area (Å²) in [7, 11) is 0. The fourth-order valence-corrected chi connectivity index (χ4v) is 2.22. The van der Waals surface area contributed by atoms with Crippen LogP contribution in [0.4, 0.5) is 5.82 Å². The summed E-state index contributed by atoms with van der Waals surface area (Å²) in [6, 6.07) is 0.486. The molecule has 0 unspecified atom stereocenters. The van der Waals surface area contributed by atoms with Gasteiger partial charge in [0.15, 0.2) is 0 Å². The van der Waals surface area contributed by atoms with Crippen LogP contribution >= 0.6 is 23.2 Å². The fraction of sp³-hybridized carbons (Fsp3) is 0.400. The van der Waals surface area contributed by atoms with E-state index in [-0.39, 0.29) is 5.28 Å². The quantitative estimate of drug-likeness (QED) is 0.812. The molecule has 6 heteroatoms. The molecule has 0 saturated heterocycles. The Balaban J connectivity index is 2.08. The number of anilines is 1. The second kappa shape index (κ2) is 3.79. The maximum absolute atomic E-state index is 6.08. The molecule has 0 atom stereocenters. The van der Waals surface area contributed by atoms with Gasteiger partial charge in [0.25, 0.3) is 0 Å². The van der Waals surface area contributed by atoms with Crippen molar-refractivity contribution in [2.24, 2.45) is 0 Å². The average Bonchev–Trinajstić information content (AvgIpc) is 2.53. The predicted molar refractivity (Wildman–Crippen MR) is 65.2 cm³/mol. The summed E-state index contributed by atoms with van der Waals surface area (Å²) in [6.07, 6.45) is 5.31. The van der Waals surface area contributed by atoms with Crippen molar-refractivity contribution in [2.45, 2.75) is 25.3 Å². The zero-order valence-corrected chi connectivity index (χ0v) is 9.94. The molecule has 1 aliphatic rings. The number of rotatable bonds is 2. The topological polar surface area (TPSA) is 53.6 Å². The fourth-order valence-electron chi connectivity index (χ4n) is 1.82. The largest absolute Gasteiger partial charge is 0.367 e. The monoisotopic (exact) mass is 256 g/mol. The minimum atomic E-state index is 0.229. The van der Waals surface area contributed by atoms with Crippen molar-refractivity contribution in [1.29, 1.82) is 0 Å². The van der Waals surface area contributed by atoms with Crippen LogP contribution in [0, 0.1) is 0 Å². The number of hydrogen-bond acceptors (Lipinski definition) is 3. The van der Waals surface area contributed by atoms with E-state index in [2.05, 4.69) is 20.3 Å². The van der Waals surface area contributed by atoms with E-state index in [4.69, 9.17) is 23.2 Å². The van der Waals surface area contributed by atoms with Crippen molar-refractivity contribution in [3.05, 3.63) is 16.5 Å². The van der Waals surface area contributed by atoms with Crippen molar-refractivity contribution in [3.8, 4) is 0 Å². The molecule has 2 N–H and O–H groups in total. The molecule has 0 bridgehead atoms. The Kier molecular flexibility index (Phi) is 2.41. The molecule has 2 heterocycles. The van der Waals surface area contributed by atoms with Gasteiger partial charge in [0.1, 0.15) is 11.5 Å². The van der Waals surface area contributed by atoms with Gasteiger partial charge in [-0.1, -0.05) is 11.6 Å². The third kappa shape index (κ3) is 1.62. The maximum Gasteiger partial charge on any atom is 0.226 e. The van der Waals surface area contributed by atoms with Gasteiger partial charge < -0.3 is 10.3 Å². The van der Waals surface area contributed by atoms with Crippen molar-refractivity contribution in [3.63, 3.8) is 0 Å². The van der Waals surface area contributed by atoms with Crippen LogP contribution in [0.5, 0.6) is 0 Å². The van der Waals surface area contributed by atoms with Gasteiger partial charge in [-0.25, -0.2) is 0 Å². The number of fused-ring (bicyclic) bond motifs is 1. The van der Waals surface area contributed by atoms with Gasteiger partial charge in [0, 0.05) is 12.2 Å². The molecule has 1 fully saturated rings. The Morgan fingerprint density at radius 1 is 1.31 bits per heavy atom. The Bertz CT molecular complexity index is 533. The lowest BCUT2D eigenvalue weighted by Gasteiger charge is -2.27. The van der Waals surface area contributed by atoms with E-state index in [0.717, 1.165) is 11.2 Å². The van der Waals surface area contributed by atoms with Crippen LogP contribution in [0.1, 0.15) is 19.3 Å². The zero-order valence-electron chi connectivity index (χ0n) is 8.43. The first kappa shape index (κ1) is 10.2. The van der Waals surface area contributed by atoms with Crippen molar-refractivity contribution in [1.82, 2.24) is 15.0 Å². The molecule has 3 rings (SSSR count). The molecule has 0 radical (unpaired) electrons. The molecule has 0 amide bonds. The van der Waals surface area contributed by atoms with Crippen LogP contribution in [-0.4, -0.2) is 21.0 Å². The minimum Gasteiger partial charge on any atom is -0.367 e. The molecule has 1 aliphatic carbocycles. The smallest absolute Gasteiger partial charge is 0.226 e. The highest BCUT2D eigenvalue weighted by atomic mass is 35.5. The summed E-state index contributed by atoms with van der Waals surface area (Å²) in [6.45, 7) is 0. The molecule has 0 aromatic carbocycles. The number of H-pyrrole nitrogens is 1. The summed E-state index contributed by atoms with van der Waals surface area (Å²) >= 11 is 11.9. The summed E-state index contributed by atoms with van der Waals surface area (Å²) in [5, 5.41) is 5.02. The first-order valence-electron chi connectivity index (χ1n) is 5.20. The lowest BCUT2D eigenvalue weighted by Crippen LogP contribution is -2.27. The summed E-state index contributed by atoms with van der Waals surface area (Å²) in [5.41, 5.74) is 0.673. The molecule has 2 aromatic rings. The summed E-state index contributed by atoms with van der Waals surface area (Å²) in [4.78, 5) is 11.2. The molecule has 0 spiro atoms. The highest BCUT2D eigenvalue weighted by Gasteiger charge is 2.20. The molecule has 2 aromatic heterocycles. The van der Waals surface area contributed by atoms with Gasteiger partial charge >= 0.3 is 0 Å². The lowest BCUT2D eigenvalue weighted by molar-refractivity contribution is 0.445. The van der Waals surface area contributed by atoms with Crippen LogP contribution in [0.25, 0.3) is 11.0 Å². The van der Waals surface area contributed by atoms with Gasteiger partial charge in [-0.15, -0.1) is 0 Å². The highest BCUT2D eigenvalue weighted by molar-refractivity contribution is 6.36. The van der Waals surface area contributed by atoms with Crippen molar-refractivity contribution < 1.29 is 0 Å². The van der Waals surface area contributed by atoms with Crippen LogP contribution in [-0.2, 0) is 0 Å². The summed E-state index contributed by atoms with van der Waals surface area (Å²) in [5.74, 6) is 0.728. The van der Waals surface area contributed by atoms with Gasteiger partial charge in [-0.2, -0.15) is 9.97 Å². The Morgan fingerprint density at radius 2 is 2.12 bits per heavy atom. The number of aromatic amines is 1. The van der Waals surface area contributed by atoms with Crippen LogP contribution in [0.2, 0.25) is 10.3 Å². The molecular weight excluding hydrogens is 247 g/mol. The maximum atomic E-state index is 6.08. The average molecular weight is 257 g/mol. The number of nitrogens with zero attached hydrogens (tertiary/aromatic N) is 2. The SMILES string of the molecule is Clc1nc(NC2CCC2)c2c(Cl)c[nH]c2n1. The zero-order chi connectivity index (χ0) is 11.1. The molecule has 84 valence electrons. The van der Waals surface area contributed by atoms with E-state index in [0.29, 0.717) is 16.7 Å². The lowest BCUT2D eigenvalue weighted by atomic mass is 9.93. The number of nitrogens with one attached hydrogen (secondary N) is 2. The third-order valence-corrected chi connectivity index (χ3v) is 3.37. The molecule has 1 saturated carbocycles. The normalized spacial score (nSPS) is 16.4. The van der Waals surface area contributed by atoms with Crippen molar-refractivity contribution >= 4 is 40.1 Å². The van der Waals surface area contributed by atoms with Gasteiger partial charge in [0.2, 0.25) is 5.28 Å². The molecular formula is C10H10Cl2N4. The number of aromatic nitrogens is 3. The van der Waals surface area contributed by atoms with Crippen LogP contribution in [0.15, 0.2) is 6.20 Å². The second-order valence-corrected chi connectivity index (χ2v) is 4.72. The van der Waals surface area contributed by atoms with E-state index in [1.54, 1.807) is 6.20 Å². The van der Waals surface area contributed by atoms with E-state index in [9.17, 15) is 0 Å². The minimum absolute atomic E-state index is 0.229. The van der Waals surface area contributed by atoms with Crippen LogP contribution < -0.4 is 5.32 Å². The van der Waals surface area contributed by atoms with E-state index in [1.165, 1.54) is 19.3 Å². The number of halogens is 2. The van der Waals surface area contributed by atoms with E-state index in [1.807, 2.05) is 0 Å². The summed E-state index contributed by atoms with van der Waals surface area (Å²) < 4.78 is 0.